The Labute approximate surface area is 197 Å². The fraction of sp³-hybridized carbons (Fsp3) is 1.00. The van der Waals surface area contributed by atoms with E-state index in [1.165, 1.54) is 14.2 Å². The molecule has 2 fully saturated rings. The van der Waals surface area contributed by atoms with E-state index in [1.54, 1.807) is 14.2 Å². The highest BCUT2D eigenvalue weighted by Crippen LogP contribution is 2.30. The first-order valence-electron chi connectivity index (χ1n) is 11.1. The molecule has 0 aromatic carbocycles. The molecule has 0 amide bonds. The Morgan fingerprint density at radius 1 is 0.788 bits per heavy atom. The van der Waals surface area contributed by atoms with Crippen LogP contribution in [0.2, 0.25) is 0 Å². The van der Waals surface area contributed by atoms with Gasteiger partial charge in [-0.15, -0.1) is 0 Å². The monoisotopic (exact) mass is 485 g/mol. The van der Waals surface area contributed by atoms with E-state index in [4.69, 9.17) is 44.0 Å². The van der Waals surface area contributed by atoms with Crippen molar-refractivity contribution in [2.45, 2.75) is 68.2 Å². The Morgan fingerprint density at radius 2 is 1.27 bits per heavy atom. The van der Waals surface area contributed by atoms with Crippen molar-refractivity contribution in [3.05, 3.63) is 0 Å². The SMILES string of the molecule is CCOC1C(CO)OC(OC)C([N+](C)(C)C)C1OC.COC1OC(CO)C(OC)C(O)C1N. The van der Waals surface area contributed by atoms with Crippen molar-refractivity contribution in [3.63, 3.8) is 0 Å². The lowest BCUT2D eigenvalue weighted by molar-refractivity contribution is -0.909. The molecule has 0 aromatic rings. The summed E-state index contributed by atoms with van der Waals surface area (Å²) in [5.41, 5.74) is 5.65. The van der Waals surface area contributed by atoms with E-state index in [0.29, 0.717) is 11.1 Å². The van der Waals surface area contributed by atoms with Gasteiger partial charge in [-0.1, -0.05) is 0 Å². The van der Waals surface area contributed by atoms with Crippen LogP contribution in [0, 0.1) is 0 Å². The standard InChI is InChI=1S/C13H28NO5.C8H17NO5/c1-7-18-11-9(8-15)19-13(17-6)10(12(11)16-5)14(2,3)4;1-12-7-4(3-10)14-8(13-2)5(9)6(7)11/h9-13,15H,7-8H2,1-6H3;4-8,10-11H,3,9H2,1-2H3/q+1;. The summed E-state index contributed by atoms with van der Waals surface area (Å²) in [6, 6.07) is -0.706. The predicted molar refractivity (Wildman–Crippen MR) is 118 cm³/mol. The van der Waals surface area contributed by atoms with Gasteiger partial charge in [-0.05, 0) is 6.92 Å². The maximum atomic E-state index is 9.72. The maximum Gasteiger partial charge on any atom is 0.213 e. The molecule has 2 aliphatic rings. The van der Waals surface area contributed by atoms with Crippen molar-refractivity contribution >= 4 is 0 Å². The largest absolute Gasteiger partial charge is 0.394 e. The quantitative estimate of drug-likeness (QED) is 0.266. The second-order valence-electron chi connectivity index (χ2n) is 8.92. The molecule has 0 spiro atoms. The molecule has 0 aromatic heterocycles. The van der Waals surface area contributed by atoms with Crippen molar-refractivity contribution in [1.29, 1.82) is 0 Å². The summed E-state index contributed by atoms with van der Waals surface area (Å²) in [6.07, 6.45) is -4.22. The molecule has 0 radical (unpaired) electrons. The van der Waals surface area contributed by atoms with Crippen LogP contribution in [0.5, 0.6) is 0 Å². The van der Waals surface area contributed by atoms with Gasteiger partial charge >= 0.3 is 0 Å². The fourth-order valence-electron chi connectivity index (χ4n) is 4.30. The molecule has 2 heterocycles. The number of rotatable bonds is 9. The van der Waals surface area contributed by atoms with Crippen LogP contribution < -0.4 is 5.73 Å². The van der Waals surface area contributed by atoms with Crippen LogP contribution in [-0.4, -0.2) is 150 Å². The van der Waals surface area contributed by atoms with E-state index in [-0.39, 0.29) is 31.5 Å². The van der Waals surface area contributed by atoms with Gasteiger partial charge < -0.3 is 58.7 Å². The van der Waals surface area contributed by atoms with Crippen molar-refractivity contribution in [3.8, 4) is 0 Å². The first-order chi connectivity index (χ1) is 15.6. The van der Waals surface area contributed by atoms with Gasteiger partial charge in [0.05, 0.1) is 40.4 Å². The van der Waals surface area contributed by atoms with E-state index in [0.717, 1.165) is 0 Å². The molecule has 10 atom stereocenters. The summed E-state index contributed by atoms with van der Waals surface area (Å²) in [5.74, 6) is 0. The zero-order valence-electron chi connectivity index (χ0n) is 21.1. The van der Waals surface area contributed by atoms with E-state index >= 15 is 0 Å². The van der Waals surface area contributed by atoms with Crippen LogP contribution in [-0.2, 0) is 33.2 Å². The lowest BCUT2D eigenvalue weighted by Gasteiger charge is -2.49. The Morgan fingerprint density at radius 3 is 1.67 bits per heavy atom. The number of nitrogens with two attached hydrogens (primary N) is 1. The molecule has 10 unspecified atom stereocenters. The highest BCUT2D eigenvalue weighted by atomic mass is 16.7. The van der Waals surface area contributed by atoms with E-state index in [1.807, 2.05) is 6.92 Å². The topological polar surface area (TPSA) is 151 Å². The average Bonchev–Trinajstić information content (AvgIpc) is 2.79. The van der Waals surface area contributed by atoms with E-state index < -0.39 is 43.0 Å². The van der Waals surface area contributed by atoms with Crippen LogP contribution in [0.25, 0.3) is 0 Å². The lowest BCUT2D eigenvalue weighted by Crippen LogP contribution is -2.69. The molecule has 0 saturated carbocycles. The van der Waals surface area contributed by atoms with Crippen molar-refractivity contribution in [2.75, 3.05) is 69.4 Å². The molecule has 2 saturated heterocycles. The molecular weight excluding hydrogens is 440 g/mol. The highest BCUT2D eigenvalue weighted by molar-refractivity contribution is 4.93. The number of aliphatic hydroxyl groups excluding tert-OH is 3. The van der Waals surface area contributed by atoms with Crippen LogP contribution in [0.3, 0.4) is 0 Å². The van der Waals surface area contributed by atoms with Gasteiger partial charge in [-0.3, -0.25) is 0 Å². The minimum atomic E-state index is -0.907. The Hall–Kier alpha value is -0.480. The first-order valence-corrected chi connectivity index (χ1v) is 11.1. The zero-order chi connectivity index (χ0) is 25.3. The van der Waals surface area contributed by atoms with Crippen LogP contribution in [0.1, 0.15) is 6.92 Å². The minimum Gasteiger partial charge on any atom is -0.394 e. The van der Waals surface area contributed by atoms with Crippen molar-refractivity contribution < 1.29 is 53.0 Å². The maximum absolute atomic E-state index is 9.72. The Balaban J connectivity index is 0.000000346. The van der Waals surface area contributed by atoms with Gasteiger partial charge in [0.25, 0.3) is 0 Å². The van der Waals surface area contributed by atoms with E-state index in [2.05, 4.69) is 21.1 Å². The Kier molecular flexibility index (Phi) is 13.1. The molecule has 2 aliphatic heterocycles. The van der Waals surface area contributed by atoms with Crippen LogP contribution in [0.15, 0.2) is 0 Å². The highest BCUT2D eigenvalue weighted by Gasteiger charge is 2.53. The minimum absolute atomic E-state index is 0.0330. The van der Waals surface area contributed by atoms with Crippen molar-refractivity contribution in [1.82, 2.24) is 0 Å². The molecule has 2 rings (SSSR count). The molecule has 198 valence electrons. The van der Waals surface area contributed by atoms with E-state index in [9.17, 15) is 10.2 Å². The summed E-state index contributed by atoms with van der Waals surface area (Å²) in [7, 11) is 12.3. The Bertz CT molecular complexity index is 536. The molecule has 12 heteroatoms. The van der Waals surface area contributed by atoms with Gasteiger partial charge in [0.2, 0.25) is 6.29 Å². The average molecular weight is 486 g/mol. The molecule has 12 nitrogen and oxygen atoms in total. The molecule has 0 bridgehead atoms. The van der Waals surface area contributed by atoms with Crippen molar-refractivity contribution in [2.24, 2.45) is 5.73 Å². The third kappa shape index (κ3) is 7.50. The third-order valence-corrected chi connectivity index (χ3v) is 5.96. The summed E-state index contributed by atoms with van der Waals surface area (Å²) in [6.45, 7) is 2.10. The number of ether oxygens (including phenoxy) is 7. The lowest BCUT2D eigenvalue weighted by atomic mass is 9.94. The molecular formula is C21H45N2O10+. The van der Waals surface area contributed by atoms with Gasteiger partial charge in [0, 0.05) is 35.0 Å². The zero-order valence-corrected chi connectivity index (χ0v) is 21.1. The van der Waals surface area contributed by atoms with Gasteiger partial charge in [-0.2, -0.15) is 0 Å². The number of quaternary nitrogens is 1. The summed E-state index contributed by atoms with van der Waals surface area (Å²) in [4.78, 5) is 0. The third-order valence-electron chi connectivity index (χ3n) is 5.96. The number of likely N-dealkylation sites (N-methyl/N-ethyl adjacent to an activating group) is 1. The van der Waals surface area contributed by atoms with Gasteiger partial charge in [0.15, 0.2) is 12.3 Å². The first kappa shape index (κ1) is 30.6. The summed E-state index contributed by atoms with van der Waals surface area (Å²) in [5, 5.41) is 28.2. The normalized spacial score (nSPS) is 39.6. The smallest absolute Gasteiger partial charge is 0.213 e. The second kappa shape index (κ2) is 14.2. The summed E-state index contributed by atoms with van der Waals surface area (Å²) >= 11 is 0. The predicted octanol–water partition coefficient (Wildman–Crippen LogP) is -2.10. The molecule has 33 heavy (non-hydrogen) atoms. The number of nitrogens with zero attached hydrogens (tertiary/aromatic N) is 1. The fourth-order valence-corrected chi connectivity index (χ4v) is 4.30. The number of aliphatic hydroxyl groups is 3. The van der Waals surface area contributed by atoms with Crippen LogP contribution >= 0.6 is 0 Å². The van der Waals surface area contributed by atoms with Gasteiger partial charge in [0.1, 0.15) is 36.6 Å². The summed E-state index contributed by atoms with van der Waals surface area (Å²) < 4.78 is 38.5. The number of methoxy groups -OCH3 is 4. The number of hydrogen-bond donors (Lipinski definition) is 4. The molecule has 5 N–H and O–H groups in total. The van der Waals surface area contributed by atoms with Gasteiger partial charge in [-0.25, -0.2) is 0 Å². The van der Waals surface area contributed by atoms with Crippen LogP contribution in [0.4, 0.5) is 0 Å². The molecule has 0 aliphatic carbocycles. The number of hydrogen-bond acceptors (Lipinski definition) is 11. The second-order valence-corrected chi connectivity index (χ2v) is 8.92.